The van der Waals surface area contributed by atoms with Gasteiger partial charge in [-0.05, 0) is 49.9 Å². The minimum atomic E-state index is -0.387. The Labute approximate surface area is 185 Å². The van der Waals surface area contributed by atoms with Crippen molar-refractivity contribution < 1.29 is 19.1 Å². The molecule has 3 heterocycles. The van der Waals surface area contributed by atoms with E-state index in [1.807, 2.05) is 56.5 Å². The Bertz CT molecular complexity index is 1010. The number of carbonyl (C=O) groups is 2. The fourth-order valence-electron chi connectivity index (χ4n) is 3.48. The van der Waals surface area contributed by atoms with Crippen molar-refractivity contribution in [2.75, 3.05) is 20.4 Å². The maximum Gasteiger partial charge on any atom is 0.318 e. The van der Waals surface area contributed by atoms with Crippen molar-refractivity contribution in [3.8, 4) is 11.5 Å². The zero-order valence-electron chi connectivity index (χ0n) is 18.0. The third-order valence-electron chi connectivity index (χ3n) is 4.95. The molecule has 9 heteroatoms. The van der Waals surface area contributed by atoms with Crippen LogP contribution >= 0.6 is 11.3 Å². The first-order valence-electron chi connectivity index (χ1n) is 10.1. The van der Waals surface area contributed by atoms with Gasteiger partial charge in [-0.1, -0.05) is 12.1 Å². The normalized spacial score (nSPS) is 17.5. The second-order valence-electron chi connectivity index (χ2n) is 8.63. The van der Waals surface area contributed by atoms with Crippen molar-refractivity contribution >= 4 is 29.0 Å². The van der Waals surface area contributed by atoms with Gasteiger partial charge in [0.1, 0.15) is 6.54 Å². The number of benzene rings is 1. The topological polar surface area (TPSA) is 83.5 Å². The van der Waals surface area contributed by atoms with E-state index in [-0.39, 0.29) is 36.9 Å². The molecule has 0 saturated heterocycles. The number of ether oxygens (including phenoxy) is 2. The average molecular weight is 443 g/mol. The molecule has 164 valence electrons. The molecular weight excluding hydrogens is 416 g/mol. The van der Waals surface area contributed by atoms with Gasteiger partial charge in [0.05, 0.1) is 16.6 Å². The molecule has 2 aliphatic heterocycles. The number of carbonyl (C=O) groups excluding carboxylic acids is 2. The molecule has 8 nitrogen and oxygen atoms in total. The van der Waals surface area contributed by atoms with Crippen LogP contribution < -0.4 is 14.8 Å². The number of nitrogens with zero attached hydrogens (tertiary/aromatic N) is 3. The fraction of sp³-hybridized carbons (Fsp3) is 0.409. The van der Waals surface area contributed by atoms with Crippen LogP contribution in [0.5, 0.6) is 11.5 Å². The molecule has 0 aliphatic carbocycles. The number of amides is 3. The van der Waals surface area contributed by atoms with Gasteiger partial charge in [0, 0.05) is 19.0 Å². The molecule has 1 unspecified atom stereocenters. The van der Waals surface area contributed by atoms with Crippen LogP contribution in [0.15, 0.2) is 40.8 Å². The largest absolute Gasteiger partial charge is 0.454 e. The highest BCUT2D eigenvalue weighted by Gasteiger charge is 2.35. The number of thiophene rings is 1. The summed E-state index contributed by atoms with van der Waals surface area (Å²) in [6, 6.07) is 9.06. The number of likely N-dealkylation sites (N-methyl/N-ethyl adjacent to an activating group) is 1. The molecule has 0 fully saturated rings. The number of nitrogens with one attached hydrogen (secondary N) is 1. The Morgan fingerprint density at radius 2 is 2.03 bits per heavy atom. The van der Waals surface area contributed by atoms with Gasteiger partial charge in [0.15, 0.2) is 11.5 Å². The van der Waals surface area contributed by atoms with Crippen LogP contribution in [0.4, 0.5) is 4.79 Å². The Morgan fingerprint density at radius 1 is 1.26 bits per heavy atom. The molecule has 1 N–H and O–H groups in total. The lowest BCUT2D eigenvalue weighted by Crippen LogP contribution is -2.49. The van der Waals surface area contributed by atoms with E-state index in [4.69, 9.17) is 9.47 Å². The maximum atomic E-state index is 13.2. The van der Waals surface area contributed by atoms with E-state index < -0.39 is 0 Å². The van der Waals surface area contributed by atoms with Crippen LogP contribution in [0, 0.1) is 0 Å². The lowest BCUT2D eigenvalue weighted by Gasteiger charge is -2.28. The second-order valence-corrected chi connectivity index (χ2v) is 9.58. The molecule has 4 rings (SSSR count). The van der Waals surface area contributed by atoms with E-state index in [0.29, 0.717) is 17.9 Å². The van der Waals surface area contributed by atoms with E-state index in [1.165, 1.54) is 9.91 Å². The van der Waals surface area contributed by atoms with Gasteiger partial charge >= 0.3 is 6.03 Å². The van der Waals surface area contributed by atoms with Crippen molar-refractivity contribution in [1.82, 2.24) is 15.2 Å². The third-order valence-corrected chi connectivity index (χ3v) is 5.87. The minimum Gasteiger partial charge on any atom is -0.454 e. The van der Waals surface area contributed by atoms with Crippen LogP contribution in [-0.2, 0) is 4.79 Å². The van der Waals surface area contributed by atoms with Crippen LogP contribution in [-0.4, -0.2) is 53.5 Å². The molecule has 0 radical (unpaired) electrons. The summed E-state index contributed by atoms with van der Waals surface area (Å²) in [5.41, 5.74) is 1.38. The highest BCUT2D eigenvalue weighted by atomic mass is 32.1. The Hall–Kier alpha value is -3.07. The molecule has 0 bridgehead atoms. The van der Waals surface area contributed by atoms with E-state index >= 15 is 0 Å². The van der Waals surface area contributed by atoms with E-state index in [2.05, 4.69) is 10.4 Å². The minimum absolute atomic E-state index is 0.0792. The number of fused-ring (bicyclic) bond motifs is 1. The summed E-state index contributed by atoms with van der Waals surface area (Å²) in [4.78, 5) is 28.0. The highest BCUT2D eigenvalue weighted by Crippen LogP contribution is 2.39. The SMILES string of the molecule is CN(CC(=O)N1N=C(c2cccs2)CC1c1ccc2c(c1)OCO2)C(=O)NC(C)(C)C. The molecule has 0 spiro atoms. The molecular formula is C22H26N4O4S. The van der Waals surface area contributed by atoms with Crippen molar-refractivity contribution in [3.63, 3.8) is 0 Å². The van der Waals surface area contributed by atoms with Gasteiger partial charge in [0.25, 0.3) is 5.91 Å². The molecule has 2 aliphatic rings. The predicted molar refractivity (Wildman–Crippen MR) is 119 cm³/mol. The third kappa shape index (κ3) is 4.66. The molecule has 1 aromatic carbocycles. The van der Waals surface area contributed by atoms with Gasteiger partial charge < -0.3 is 19.7 Å². The van der Waals surface area contributed by atoms with Crippen molar-refractivity contribution in [1.29, 1.82) is 0 Å². The summed E-state index contributed by atoms with van der Waals surface area (Å²) in [6.07, 6.45) is 0.587. The first kappa shape index (κ1) is 21.2. The summed E-state index contributed by atoms with van der Waals surface area (Å²) in [5, 5.41) is 11.0. The summed E-state index contributed by atoms with van der Waals surface area (Å²) in [5.74, 6) is 1.11. The molecule has 3 amide bonds. The number of hydrogen-bond donors (Lipinski definition) is 1. The fourth-order valence-corrected chi connectivity index (χ4v) is 4.20. The van der Waals surface area contributed by atoms with Gasteiger partial charge in [-0.3, -0.25) is 4.79 Å². The molecule has 2 aromatic rings. The molecule has 1 atom stereocenters. The first-order chi connectivity index (χ1) is 14.7. The summed E-state index contributed by atoms with van der Waals surface area (Å²) < 4.78 is 10.9. The number of hydrogen-bond acceptors (Lipinski definition) is 6. The van der Waals surface area contributed by atoms with Gasteiger partial charge in [0.2, 0.25) is 6.79 Å². The zero-order valence-corrected chi connectivity index (χ0v) is 18.9. The highest BCUT2D eigenvalue weighted by molar-refractivity contribution is 7.12. The zero-order chi connectivity index (χ0) is 22.2. The summed E-state index contributed by atoms with van der Waals surface area (Å²) >= 11 is 1.59. The molecule has 0 saturated carbocycles. The smallest absolute Gasteiger partial charge is 0.318 e. The molecule has 31 heavy (non-hydrogen) atoms. The van der Waals surface area contributed by atoms with Gasteiger partial charge in [-0.15, -0.1) is 11.3 Å². The second kappa shape index (κ2) is 8.22. The average Bonchev–Trinajstić information content (AvgIpc) is 3.45. The quantitative estimate of drug-likeness (QED) is 0.784. The molecule has 1 aromatic heterocycles. The first-order valence-corrected chi connectivity index (χ1v) is 11.0. The Kier molecular flexibility index (Phi) is 5.62. The Balaban J connectivity index is 1.56. The summed E-state index contributed by atoms with van der Waals surface area (Å²) in [6.45, 7) is 5.80. The number of urea groups is 1. The van der Waals surface area contributed by atoms with Crippen LogP contribution in [0.1, 0.15) is 43.7 Å². The van der Waals surface area contributed by atoms with Crippen LogP contribution in [0.3, 0.4) is 0 Å². The lowest BCUT2D eigenvalue weighted by molar-refractivity contribution is -0.133. The van der Waals surface area contributed by atoms with Crippen molar-refractivity contribution in [2.24, 2.45) is 5.10 Å². The number of rotatable bonds is 4. The van der Waals surface area contributed by atoms with Crippen molar-refractivity contribution in [3.05, 3.63) is 46.2 Å². The van der Waals surface area contributed by atoms with Crippen LogP contribution in [0.25, 0.3) is 0 Å². The van der Waals surface area contributed by atoms with Gasteiger partial charge in [-0.25, -0.2) is 9.80 Å². The standard InChI is InChI=1S/C22H26N4O4S/c1-22(2,3)23-21(28)25(4)12-20(27)26-16(11-15(24-26)19-6-5-9-31-19)14-7-8-17-18(10-14)30-13-29-17/h5-10,16H,11-13H2,1-4H3,(H,23,28). The van der Waals surface area contributed by atoms with Crippen LogP contribution in [0.2, 0.25) is 0 Å². The monoisotopic (exact) mass is 442 g/mol. The number of hydrazone groups is 1. The van der Waals surface area contributed by atoms with E-state index in [9.17, 15) is 9.59 Å². The van der Waals surface area contributed by atoms with E-state index in [0.717, 1.165) is 16.2 Å². The van der Waals surface area contributed by atoms with Crippen molar-refractivity contribution in [2.45, 2.75) is 38.8 Å². The predicted octanol–water partition coefficient (Wildman–Crippen LogP) is 3.59. The maximum absolute atomic E-state index is 13.2. The lowest BCUT2D eigenvalue weighted by atomic mass is 10.0. The van der Waals surface area contributed by atoms with Gasteiger partial charge in [-0.2, -0.15) is 5.10 Å². The van der Waals surface area contributed by atoms with E-state index in [1.54, 1.807) is 18.4 Å². The Morgan fingerprint density at radius 3 is 2.74 bits per heavy atom. The summed E-state index contributed by atoms with van der Waals surface area (Å²) in [7, 11) is 1.61.